The number of unbranched alkanes of at least 4 members (excludes halogenated alkanes) is 28. The van der Waals surface area contributed by atoms with E-state index in [0.29, 0.717) is 0 Å². The van der Waals surface area contributed by atoms with Crippen molar-refractivity contribution in [3.8, 4) is 0 Å². The molecule has 0 atom stereocenters. The van der Waals surface area contributed by atoms with Crippen LogP contribution in [0.5, 0.6) is 0 Å². The molecule has 0 aliphatic carbocycles. The monoisotopic (exact) mass is 879 g/mol. The molecule has 0 N–H and O–H groups in total. The zero-order valence-electron chi connectivity index (χ0n) is 40.6. The van der Waals surface area contributed by atoms with Crippen molar-refractivity contribution < 1.29 is 35.8 Å². The molecule has 1 aromatic rings. The average Bonchev–Trinajstić information content (AvgIpc) is 3.19. The molecule has 0 amide bonds. The highest BCUT2D eigenvalue weighted by Gasteiger charge is 2.14. The minimum atomic E-state index is -1.17. The quantitative estimate of drug-likeness (QED) is 0.0377. The summed E-state index contributed by atoms with van der Waals surface area (Å²) in [5.74, 6) is -1.17. The van der Waals surface area contributed by atoms with Gasteiger partial charge in [0.25, 0.3) is 0 Å². The maximum absolute atomic E-state index is 9.97. The van der Waals surface area contributed by atoms with Gasteiger partial charge in [0.05, 0.1) is 60.3 Å². The van der Waals surface area contributed by atoms with Gasteiger partial charge in [-0.15, -0.1) is 0 Å². The molecule has 1 aromatic carbocycles. The molecular weight excluding hydrogens is 776 g/mol. The number of rotatable bonds is 38. The van der Waals surface area contributed by atoms with Crippen LogP contribution in [-0.4, -0.2) is 69.3 Å². The zero-order valence-corrected chi connectivity index (χ0v) is 42.2. The number of hydrogen-bond donors (Lipinski definition) is 0. The van der Waals surface area contributed by atoms with Crippen molar-refractivity contribution in [2.45, 2.75) is 233 Å². The maximum Gasteiger partial charge on any atom is 0.0782 e. The summed E-state index contributed by atoms with van der Waals surface area (Å²) in [4.78, 5) is 9.97. The summed E-state index contributed by atoms with van der Waals surface area (Å²) in [5, 5.41) is 9.97. The predicted octanol–water partition coefficient (Wildman–Crippen LogP) is 12.1. The topological polar surface area (TPSA) is 40.1 Å². The molecule has 0 aromatic heterocycles. The molecule has 0 saturated carbocycles. The summed E-state index contributed by atoms with van der Waals surface area (Å²) in [6, 6.07) is 9.19. The number of aliphatic carboxylic acids is 1. The second kappa shape index (κ2) is 46.9. The second-order valence-corrected chi connectivity index (χ2v) is 18.7. The van der Waals surface area contributed by atoms with Crippen LogP contribution in [0.1, 0.15) is 239 Å². The van der Waals surface area contributed by atoms with Gasteiger partial charge in [0.2, 0.25) is 0 Å². The normalized spacial score (nSPS) is 11.4. The van der Waals surface area contributed by atoms with Crippen LogP contribution in [0, 0.1) is 0 Å². The summed E-state index contributed by atoms with van der Waals surface area (Å²) in [6.07, 6.45) is 48.6. The summed E-state index contributed by atoms with van der Waals surface area (Å²) < 4.78 is 2.48. The van der Waals surface area contributed by atoms with E-state index in [1.54, 1.807) is 0 Å². The number of carboxylic acid groups (broad SMARTS) is 1. The molecule has 0 radical (unpaired) electrons. The van der Waals surface area contributed by atoms with Gasteiger partial charge in [-0.05, 0) is 63.0 Å². The molecule has 344 valence electrons. The lowest BCUT2D eigenvalue weighted by atomic mass is 10.1. The van der Waals surface area contributed by atoms with E-state index in [1.807, 2.05) is 30.3 Å². The van der Waals surface area contributed by atoms with Crippen molar-refractivity contribution in [1.82, 2.24) is 0 Å². The summed E-state index contributed by atoms with van der Waals surface area (Å²) in [6.45, 7) is 14.7. The molecule has 0 aliphatic heterocycles. The van der Waals surface area contributed by atoms with E-state index in [4.69, 9.17) is 0 Å². The van der Waals surface area contributed by atoms with Crippen molar-refractivity contribution in [1.29, 1.82) is 0 Å². The number of quaternary nitrogens is 2. The summed E-state index contributed by atoms with van der Waals surface area (Å²) >= 11 is 0. The summed E-state index contributed by atoms with van der Waals surface area (Å²) in [7, 11) is 9.73. The molecule has 0 heterocycles. The van der Waals surface area contributed by atoms with Gasteiger partial charge in [-0.2, -0.15) is 0 Å². The Morgan fingerprint density at radius 1 is 0.414 bits per heavy atom. The van der Waals surface area contributed by atoms with Crippen molar-refractivity contribution in [3.63, 3.8) is 0 Å². The molecule has 0 aliphatic rings. The fourth-order valence-corrected chi connectivity index (χ4v) is 7.65. The lowest BCUT2D eigenvalue weighted by molar-refractivity contribution is -0.890. The van der Waals surface area contributed by atoms with Gasteiger partial charge in [0.1, 0.15) is 0 Å². The molecule has 58 heavy (non-hydrogen) atoms. The standard InChI is InChI=1S/2C22H48N.C9H8O2.BrH/c2*1-5-7-9-11-13-15-17-19-21-23(3,4)22-20-18-16-14-12-10-8-6-2;10-9(11)7-6-8-4-2-1-3-5-8;/h2*5-22H2,1-4H3;1-7H,(H,10,11);1H/q2*+1;;/p-2/b;;7-6+;. The van der Waals surface area contributed by atoms with E-state index in [0.717, 1.165) is 11.6 Å². The lowest BCUT2D eigenvalue weighted by Crippen LogP contribution is -3.00. The maximum atomic E-state index is 9.97. The molecule has 0 bridgehead atoms. The van der Waals surface area contributed by atoms with Crippen LogP contribution in [0.2, 0.25) is 0 Å². The van der Waals surface area contributed by atoms with E-state index in [2.05, 4.69) is 55.9 Å². The van der Waals surface area contributed by atoms with Crippen LogP contribution in [0.4, 0.5) is 0 Å². The van der Waals surface area contributed by atoms with Gasteiger partial charge in [-0.25, -0.2) is 0 Å². The number of hydrogen-bond acceptors (Lipinski definition) is 2. The second-order valence-electron chi connectivity index (χ2n) is 18.7. The number of halogens is 1. The Morgan fingerprint density at radius 2 is 0.638 bits per heavy atom. The van der Waals surface area contributed by atoms with Gasteiger partial charge >= 0.3 is 0 Å². The molecule has 1 rings (SSSR count). The number of benzene rings is 1. The molecule has 4 nitrogen and oxygen atoms in total. The minimum absolute atomic E-state index is 0. The first kappa shape index (κ1) is 61.1. The van der Waals surface area contributed by atoms with Crippen LogP contribution >= 0.6 is 0 Å². The number of carbonyl (C=O) groups is 1. The van der Waals surface area contributed by atoms with Gasteiger partial charge in [0.15, 0.2) is 0 Å². The lowest BCUT2D eigenvalue weighted by Gasteiger charge is -2.30. The highest BCUT2D eigenvalue weighted by molar-refractivity contribution is 5.83. The highest BCUT2D eigenvalue weighted by Crippen LogP contribution is 2.15. The first-order valence-electron chi connectivity index (χ1n) is 25.1. The van der Waals surface area contributed by atoms with Gasteiger partial charge in [-0.3, -0.25) is 0 Å². The Kier molecular flexibility index (Phi) is 49.4. The molecule has 5 heteroatoms. The third-order valence-electron chi connectivity index (χ3n) is 11.7. The van der Waals surface area contributed by atoms with Crippen LogP contribution in [0.15, 0.2) is 36.4 Å². The Labute approximate surface area is 375 Å². The van der Waals surface area contributed by atoms with E-state index in [9.17, 15) is 9.90 Å². The average molecular weight is 880 g/mol. The molecule has 0 unspecified atom stereocenters. The van der Waals surface area contributed by atoms with Crippen LogP contribution in [0.25, 0.3) is 6.08 Å². The largest absolute Gasteiger partial charge is 1.00 e. The Balaban J connectivity index is -0.000000820. The number of carboxylic acids is 1. The molecular formula is C53H103BrN2O2. The van der Waals surface area contributed by atoms with Crippen molar-refractivity contribution in [3.05, 3.63) is 42.0 Å². The van der Waals surface area contributed by atoms with Gasteiger partial charge in [0, 0.05) is 0 Å². The van der Waals surface area contributed by atoms with E-state index < -0.39 is 5.97 Å². The third-order valence-corrected chi connectivity index (χ3v) is 11.7. The minimum Gasteiger partial charge on any atom is -1.00 e. The number of nitrogens with zero attached hydrogens (tertiary/aromatic N) is 2. The van der Waals surface area contributed by atoms with E-state index in [1.165, 1.54) is 247 Å². The first-order chi connectivity index (χ1) is 27.5. The highest BCUT2D eigenvalue weighted by atomic mass is 79.9. The zero-order chi connectivity index (χ0) is 42.6. The number of carbonyl (C=O) groups excluding carboxylic acids is 1. The molecule has 0 spiro atoms. The third kappa shape index (κ3) is 51.0. The molecule has 0 saturated heterocycles. The summed E-state index contributed by atoms with van der Waals surface area (Å²) in [5.41, 5.74) is 0.858. The smallest absolute Gasteiger partial charge is 0.0782 e. The first-order valence-corrected chi connectivity index (χ1v) is 25.1. The SMILES string of the molecule is CCCCCCCCCC[N+](C)(C)CCCCCCCCCC.CCCCCCCCCC[N+](C)(C)CCCCCCCCCC.O=C([O-])/C=C/c1ccccc1.[Br-]. The van der Waals surface area contributed by atoms with Crippen molar-refractivity contribution in [2.24, 2.45) is 0 Å². The fraction of sp³-hybridized carbons (Fsp3) is 0.830. The van der Waals surface area contributed by atoms with Crippen LogP contribution in [0.3, 0.4) is 0 Å². The van der Waals surface area contributed by atoms with Crippen molar-refractivity contribution >= 4 is 12.0 Å². The van der Waals surface area contributed by atoms with Crippen molar-refractivity contribution in [2.75, 3.05) is 54.4 Å². The fourth-order valence-electron chi connectivity index (χ4n) is 7.65. The Hall–Kier alpha value is -1.17. The van der Waals surface area contributed by atoms with E-state index >= 15 is 0 Å². The Bertz CT molecular complexity index is 872. The van der Waals surface area contributed by atoms with Crippen LogP contribution < -0.4 is 22.1 Å². The predicted molar refractivity (Wildman–Crippen MR) is 255 cm³/mol. The van der Waals surface area contributed by atoms with Gasteiger partial charge < -0.3 is 35.8 Å². The molecule has 0 fully saturated rings. The van der Waals surface area contributed by atoms with Gasteiger partial charge in [-0.1, -0.05) is 218 Å². The van der Waals surface area contributed by atoms with E-state index in [-0.39, 0.29) is 17.0 Å². The Morgan fingerprint density at radius 3 is 0.862 bits per heavy atom. The van der Waals surface area contributed by atoms with Crippen LogP contribution in [-0.2, 0) is 4.79 Å².